The third-order valence-corrected chi connectivity index (χ3v) is 9.05. The zero-order valence-corrected chi connectivity index (χ0v) is 19.3. The Kier molecular flexibility index (Phi) is 7.11. The van der Waals surface area contributed by atoms with Gasteiger partial charge in [-0.1, -0.05) is 23.1 Å². The maximum atomic E-state index is 12.5. The Morgan fingerprint density at radius 1 is 1.34 bits per heavy atom. The number of carbonyl (C=O) groups excluding carboxylic acids is 2. The molecule has 1 fully saturated rings. The summed E-state index contributed by atoms with van der Waals surface area (Å²) in [5.74, 6) is -6.51. The zero-order valence-electron chi connectivity index (χ0n) is 16.1. The molecule has 1 saturated heterocycles. The number of halogens is 3. The van der Waals surface area contributed by atoms with Gasteiger partial charge >= 0.3 is 12.1 Å². The van der Waals surface area contributed by atoms with E-state index in [1.807, 2.05) is 0 Å². The number of thioether (sulfide) groups is 2. The first-order chi connectivity index (χ1) is 14.8. The predicted molar refractivity (Wildman–Crippen MR) is 110 cm³/mol. The molecule has 17 heteroatoms. The Labute approximate surface area is 191 Å². The lowest BCUT2D eigenvalue weighted by Gasteiger charge is -2.49. The second kappa shape index (κ2) is 9.18. The number of nitrogens with one attached hydrogen (secondary N) is 1. The summed E-state index contributed by atoms with van der Waals surface area (Å²) in [6.45, 7) is 1.77. The number of hydrogen-bond donors (Lipinski definition) is 2. The monoisotopic (exact) mass is 532 g/mol. The summed E-state index contributed by atoms with van der Waals surface area (Å²) < 4.78 is 60.6. The number of fused-ring (bicyclic) bond motifs is 1. The van der Waals surface area contributed by atoms with Crippen molar-refractivity contribution in [2.75, 3.05) is 23.0 Å². The molecule has 2 aliphatic heterocycles. The van der Waals surface area contributed by atoms with Crippen molar-refractivity contribution in [2.45, 2.75) is 28.9 Å². The minimum atomic E-state index is -5.00. The van der Waals surface area contributed by atoms with Gasteiger partial charge in [-0.25, -0.2) is 13.2 Å². The summed E-state index contributed by atoms with van der Waals surface area (Å²) in [5, 5.41) is 19.5. The lowest BCUT2D eigenvalue weighted by atomic mass is 10.0. The predicted octanol–water partition coefficient (Wildman–Crippen LogP) is 0.654. The van der Waals surface area contributed by atoms with Crippen LogP contribution in [0.3, 0.4) is 0 Å². The van der Waals surface area contributed by atoms with E-state index >= 15 is 0 Å². The van der Waals surface area contributed by atoms with Crippen molar-refractivity contribution in [3.05, 3.63) is 16.3 Å². The standard InChI is InChI=1S/C15H15F3N4O6S4/c1-6-20-21-14(31-6)30-3-7-2-29-12-9(11(24)22(12)10(7)13(25)26)19-8(23)4-32(27,28)5-15(16,17)18/h9,12H,2-5H2,1H3,(H,19,23)(H,25,26)/t9-,12-/m1/s1. The Balaban J connectivity index is 1.67. The van der Waals surface area contributed by atoms with Crippen molar-refractivity contribution in [1.29, 1.82) is 0 Å². The highest BCUT2D eigenvalue weighted by atomic mass is 32.2. The van der Waals surface area contributed by atoms with Crippen LogP contribution in [0, 0.1) is 6.92 Å². The average molecular weight is 533 g/mol. The molecular formula is C15H15F3N4O6S4. The summed E-state index contributed by atoms with van der Waals surface area (Å²) >= 11 is 3.76. The van der Waals surface area contributed by atoms with Crippen LogP contribution < -0.4 is 5.32 Å². The largest absolute Gasteiger partial charge is 0.477 e. The fraction of sp³-hybridized carbons (Fsp3) is 0.533. The number of aryl methyl sites for hydroxylation is 1. The molecule has 0 aromatic carbocycles. The summed E-state index contributed by atoms with van der Waals surface area (Å²) in [5.41, 5.74) is 0.227. The first-order valence-electron chi connectivity index (χ1n) is 8.67. The molecule has 0 aliphatic carbocycles. The number of carboxylic acid groups (broad SMARTS) is 1. The molecule has 10 nitrogen and oxygen atoms in total. The van der Waals surface area contributed by atoms with Crippen LogP contribution in [0.25, 0.3) is 0 Å². The van der Waals surface area contributed by atoms with E-state index in [2.05, 4.69) is 15.5 Å². The van der Waals surface area contributed by atoms with E-state index in [1.54, 1.807) is 6.92 Å². The third kappa shape index (κ3) is 5.74. The minimum absolute atomic E-state index is 0.222. The summed E-state index contributed by atoms with van der Waals surface area (Å²) in [4.78, 5) is 37.2. The number of hydrogen-bond acceptors (Lipinski definition) is 10. The van der Waals surface area contributed by atoms with Crippen LogP contribution in [-0.4, -0.2) is 87.0 Å². The summed E-state index contributed by atoms with van der Waals surface area (Å²) in [6, 6.07) is -1.23. The molecule has 32 heavy (non-hydrogen) atoms. The molecule has 0 saturated carbocycles. The Morgan fingerprint density at radius 3 is 2.59 bits per heavy atom. The van der Waals surface area contributed by atoms with Gasteiger partial charge in [-0.2, -0.15) is 13.2 Å². The van der Waals surface area contributed by atoms with Crippen LogP contribution >= 0.6 is 34.9 Å². The van der Waals surface area contributed by atoms with Crippen LogP contribution in [0.1, 0.15) is 5.01 Å². The van der Waals surface area contributed by atoms with Crippen LogP contribution in [-0.2, 0) is 24.2 Å². The number of amides is 2. The molecule has 2 atom stereocenters. The molecule has 2 amide bonds. The molecule has 0 radical (unpaired) electrons. The SMILES string of the molecule is Cc1nnc(SCC2=C(C(=O)O)N3C(=O)[C@@H](NC(=O)CS(=O)(=O)CC(F)(F)F)[C@H]3SC2)s1. The Morgan fingerprint density at radius 2 is 2.03 bits per heavy atom. The molecule has 3 rings (SSSR count). The molecule has 176 valence electrons. The van der Waals surface area contributed by atoms with Gasteiger partial charge in [0, 0.05) is 11.5 Å². The maximum absolute atomic E-state index is 12.5. The van der Waals surface area contributed by atoms with E-state index in [9.17, 15) is 41.1 Å². The van der Waals surface area contributed by atoms with Gasteiger partial charge in [0.15, 0.2) is 14.2 Å². The van der Waals surface area contributed by atoms with Gasteiger partial charge in [-0.15, -0.1) is 22.0 Å². The number of carbonyl (C=O) groups is 3. The van der Waals surface area contributed by atoms with Crippen molar-refractivity contribution in [3.63, 3.8) is 0 Å². The van der Waals surface area contributed by atoms with E-state index in [0.717, 1.165) is 21.7 Å². The van der Waals surface area contributed by atoms with Gasteiger partial charge in [0.2, 0.25) is 5.91 Å². The van der Waals surface area contributed by atoms with Crippen molar-refractivity contribution >= 4 is 62.5 Å². The molecule has 2 aliphatic rings. The Hall–Kier alpha value is -1.85. The van der Waals surface area contributed by atoms with E-state index < -0.39 is 56.7 Å². The van der Waals surface area contributed by atoms with Crippen LogP contribution in [0.2, 0.25) is 0 Å². The highest BCUT2D eigenvalue weighted by Gasteiger charge is 2.54. The summed E-state index contributed by atoms with van der Waals surface area (Å²) in [7, 11) is -4.77. The van der Waals surface area contributed by atoms with Gasteiger partial charge in [-0.05, 0) is 12.5 Å². The van der Waals surface area contributed by atoms with Crippen LogP contribution in [0.4, 0.5) is 13.2 Å². The molecule has 1 aromatic rings. The van der Waals surface area contributed by atoms with Crippen molar-refractivity contribution < 1.29 is 41.1 Å². The van der Waals surface area contributed by atoms with Gasteiger partial charge in [0.25, 0.3) is 5.91 Å². The molecule has 2 N–H and O–H groups in total. The van der Waals surface area contributed by atoms with Gasteiger partial charge < -0.3 is 10.4 Å². The maximum Gasteiger partial charge on any atom is 0.402 e. The number of rotatable bonds is 8. The first kappa shape index (κ1) is 24.8. The lowest BCUT2D eigenvalue weighted by Crippen LogP contribution is -2.71. The van der Waals surface area contributed by atoms with Crippen molar-refractivity contribution in [2.24, 2.45) is 0 Å². The van der Waals surface area contributed by atoms with Crippen LogP contribution in [0.5, 0.6) is 0 Å². The molecule has 3 heterocycles. The van der Waals surface area contributed by atoms with Gasteiger partial charge in [-0.3, -0.25) is 14.5 Å². The van der Waals surface area contributed by atoms with Crippen molar-refractivity contribution in [3.8, 4) is 0 Å². The highest BCUT2D eigenvalue weighted by molar-refractivity contribution is 8.01. The van der Waals surface area contributed by atoms with Crippen LogP contribution in [0.15, 0.2) is 15.6 Å². The smallest absolute Gasteiger partial charge is 0.402 e. The van der Waals surface area contributed by atoms with Crippen molar-refractivity contribution in [1.82, 2.24) is 20.4 Å². The number of alkyl halides is 3. The van der Waals surface area contributed by atoms with E-state index in [-0.39, 0.29) is 17.2 Å². The molecule has 0 spiro atoms. The lowest BCUT2D eigenvalue weighted by molar-refractivity contribution is -0.150. The topological polar surface area (TPSA) is 147 Å². The number of aromatic nitrogens is 2. The first-order valence-corrected chi connectivity index (χ1v) is 13.3. The fourth-order valence-corrected chi connectivity index (χ4v) is 7.38. The number of sulfone groups is 1. The van der Waals surface area contributed by atoms with Gasteiger partial charge in [0.05, 0.1) is 0 Å². The van der Waals surface area contributed by atoms with E-state index in [4.69, 9.17) is 0 Å². The average Bonchev–Trinajstić information content (AvgIpc) is 3.06. The number of β-lactam (4-membered cyclic amide) rings is 1. The van der Waals surface area contributed by atoms with Gasteiger partial charge in [0.1, 0.15) is 33.6 Å². The van der Waals surface area contributed by atoms with E-state index in [1.165, 1.54) is 23.1 Å². The molecule has 1 aromatic heterocycles. The molecule has 0 bridgehead atoms. The Bertz CT molecular complexity index is 1090. The minimum Gasteiger partial charge on any atom is -0.477 e. The molecular weight excluding hydrogens is 517 g/mol. The summed E-state index contributed by atoms with van der Waals surface area (Å²) in [6.07, 6.45) is -5.00. The third-order valence-electron chi connectivity index (χ3n) is 4.18. The second-order valence-electron chi connectivity index (χ2n) is 6.74. The van der Waals surface area contributed by atoms with E-state index in [0.29, 0.717) is 9.91 Å². The zero-order chi connectivity index (χ0) is 23.8. The highest BCUT2D eigenvalue weighted by Crippen LogP contribution is 2.41. The number of carboxylic acids is 1. The quantitative estimate of drug-likeness (QED) is 0.361. The molecule has 0 unspecified atom stereocenters. The number of nitrogens with zero attached hydrogens (tertiary/aromatic N) is 3. The fourth-order valence-electron chi connectivity index (χ4n) is 3.00. The number of aliphatic carboxylic acids is 1. The normalized spacial score (nSPS) is 21.2. The second-order valence-corrected chi connectivity index (χ2v) is 12.3.